The van der Waals surface area contributed by atoms with E-state index < -0.39 is 0 Å². The highest BCUT2D eigenvalue weighted by Gasteiger charge is 2.06. The molecule has 2 heterocycles. The van der Waals surface area contributed by atoms with Crippen molar-refractivity contribution in [1.29, 1.82) is 0 Å². The van der Waals surface area contributed by atoms with E-state index in [0.29, 0.717) is 6.61 Å². The summed E-state index contributed by atoms with van der Waals surface area (Å²) in [6.07, 6.45) is 3.58. The summed E-state index contributed by atoms with van der Waals surface area (Å²) in [7, 11) is 0. The van der Waals surface area contributed by atoms with Gasteiger partial charge in [0.1, 0.15) is 18.7 Å². The molecule has 0 unspecified atom stereocenters. The maximum absolute atomic E-state index is 5.99. The maximum atomic E-state index is 5.99. The van der Waals surface area contributed by atoms with E-state index in [0.717, 1.165) is 32.0 Å². The zero-order chi connectivity index (χ0) is 14.1. The van der Waals surface area contributed by atoms with E-state index in [1.54, 1.807) is 6.33 Å². The van der Waals surface area contributed by atoms with Gasteiger partial charge in [-0.25, -0.2) is 0 Å². The van der Waals surface area contributed by atoms with E-state index in [1.165, 1.54) is 0 Å². The summed E-state index contributed by atoms with van der Waals surface area (Å²) in [6.45, 7) is 2.40. The molecule has 0 aliphatic heterocycles. The van der Waals surface area contributed by atoms with Gasteiger partial charge in [0.25, 0.3) is 0 Å². The fourth-order valence-corrected chi connectivity index (χ4v) is 2.43. The lowest BCUT2D eigenvalue weighted by atomic mass is 10.2. The number of hydrogen-bond donors (Lipinski definition) is 0. The number of benzene rings is 1. The van der Waals surface area contributed by atoms with Crippen LogP contribution in [0.3, 0.4) is 0 Å². The molecule has 0 atom stereocenters. The predicted molar refractivity (Wildman–Crippen MR) is 81.2 cm³/mol. The minimum atomic E-state index is 0.449. The van der Waals surface area contributed by atoms with E-state index in [2.05, 4.69) is 26.1 Å². The average molecular weight is 353 g/mol. The van der Waals surface area contributed by atoms with Gasteiger partial charge in [0, 0.05) is 21.3 Å². The molecule has 4 nitrogen and oxygen atoms in total. The molecule has 6 heteroatoms. The zero-order valence-electron chi connectivity index (χ0n) is 10.7. The smallest absolute Gasteiger partial charge is 0.161 e. The lowest BCUT2D eigenvalue weighted by molar-refractivity contribution is 0.305. The van der Waals surface area contributed by atoms with Gasteiger partial charge in [-0.3, -0.25) is 4.40 Å². The van der Waals surface area contributed by atoms with E-state index in [-0.39, 0.29) is 0 Å². The molecule has 0 N–H and O–H groups in total. The summed E-state index contributed by atoms with van der Waals surface area (Å²) in [6, 6.07) is 7.56. The fourth-order valence-electron chi connectivity index (χ4n) is 1.86. The molecule has 0 saturated heterocycles. The van der Waals surface area contributed by atoms with Crippen LogP contribution in [0.25, 0.3) is 5.65 Å². The van der Waals surface area contributed by atoms with Crippen LogP contribution in [0.2, 0.25) is 5.02 Å². The average Bonchev–Trinajstić information content (AvgIpc) is 2.87. The highest BCUT2D eigenvalue weighted by atomic mass is 79.9. The topological polar surface area (TPSA) is 39.4 Å². The standard InChI is InChI=1S/C14H11BrClN3O/c1-9-4-11(2-3-13(9)16)20-7-10-5-14-18-17-8-19(14)6-12(10)15/h2-6,8H,7H2,1H3. The Kier molecular flexibility index (Phi) is 3.63. The van der Waals surface area contributed by atoms with Crippen LogP contribution in [-0.4, -0.2) is 14.6 Å². The van der Waals surface area contributed by atoms with E-state index >= 15 is 0 Å². The van der Waals surface area contributed by atoms with Gasteiger partial charge in [-0.15, -0.1) is 10.2 Å². The molecule has 20 heavy (non-hydrogen) atoms. The quantitative estimate of drug-likeness (QED) is 0.714. The van der Waals surface area contributed by atoms with Crippen molar-refractivity contribution in [2.45, 2.75) is 13.5 Å². The monoisotopic (exact) mass is 351 g/mol. The van der Waals surface area contributed by atoms with Crippen molar-refractivity contribution in [1.82, 2.24) is 14.6 Å². The molecular weight excluding hydrogens is 342 g/mol. The van der Waals surface area contributed by atoms with Crippen LogP contribution in [0.1, 0.15) is 11.1 Å². The van der Waals surface area contributed by atoms with Gasteiger partial charge in [0.2, 0.25) is 0 Å². The van der Waals surface area contributed by atoms with Crippen LogP contribution in [-0.2, 0) is 6.61 Å². The van der Waals surface area contributed by atoms with Gasteiger partial charge in [-0.05, 0) is 52.7 Å². The Bertz CT molecular complexity index is 772. The van der Waals surface area contributed by atoms with Gasteiger partial charge in [-0.2, -0.15) is 0 Å². The van der Waals surface area contributed by atoms with Crippen LogP contribution in [0, 0.1) is 6.92 Å². The highest BCUT2D eigenvalue weighted by Crippen LogP contribution is 2.24. The van der Waals surface area contributed by atoms with Crippen LogP contribution < -0.4 is 4.74 Å². The van der Waals surface area contributed by atoms with Gasteiger partial charge >= 0.3 is 0 Å². The second-order valence-electron chi connectivity index (χ2n) is 4.44. The number of pyridine rings is 1. The number of rotatable bonds is 3. The van der Waals surface area contributed by atoms with Crippen LogP contribution in [0.15, 0.2) is 41.3 Å². The maximum Gasteiger partial charge on any atom is 0.161 e. The van der Waals surface area contributed by atoms with Crippen LogP contribution in [0.4, 0.5) is 0 Å². The van der Waals surface area contributed by atoms with E-state index in [9.17, 15) is 0 Å². The molecule has 0 bridgehead atoms. The number of fused-ring (bicyclic) bond motifs is 1. The van der Waals surface area contributed by atoms with Gasteiger partial charge < -0.3 is 4.74 Å². The Hall–Kier alpha value is -1.59. The summed E-state index contributed by atoms with van der Waals surface area (Å²) in [5, 5.41) is 8.62. The largest absolute Gasteiger partial charge is 0.489 e. The molecule has 0 spiro atoms. The Balaban J connectivity index is 1.82. The molecule has 102 valence electrons. The highest BCUT2D eigenvalue weighted by molar-refractivity contribution is 9.10. The van der Waals surface area contributed by atoms with Crippen molar-refractivity contribution in [2.75, 3.05) is 0 Å². The van der Waals surface area contributed by atoms with Crippen molar-refractivity contribution < 1.29 is 4.74 Å². The number of ether oxygens (including phenoxy) is 1. The zero-order valence-corrected chi connectivity index (χ0v) is 13.0. The first kappa shape index (κ1) is 13.4. The third kappa shape index (κ3) is 2.64. The molecule has 0 fully saturated rings. The first-order valence-electron chi connectivity index (χ1n) is 6.00. The summed E-state index contributed by atoms with van der Waals surface area (Å²) in [5.74, 6) is 0.792. The first-order valence-corrected chi connectivity index (χ1v) is 7.17. The summed E-state index contributed by atoms with van der Waals surface area (Å²) < 4.78 is 8.59. The minimum absolute atomic E-state index is 0.449. The molecule has 0 aliphatic carbocycles. The van der Waals surface area contributed by atoms with Crippen LogP contribution in [0.5, 0.6) is 5.75 Å². The summed E-state index contributed by atoms with van der Waals surface area (Å²) in [5.41, 5.74) is 2.80. The van der Waals surface area contributed by atoms with Gasteiger partial charge in [0.05, 0.1) is 0 Å². The lowest BCUT2D eigenvalue weighted by Gasteiger charge is -2.09. The molecule has 0 aliphatic rings. The molecule has 2 aromatic heterocycles. The third-order valence-electron chi connectivity index (χ3n) is 2.99. The molecule has 0 saturated carbocycles. The van der Waals surface area contributed by atoms with Crippen molar-refractivity contribution >= 4 is 33.2 Å². The number of aryl methyl sites for hydroxylation is 1. The summed E-state index contributed by atoms with van der Waals surface area (Å²) in [4.78, 5) is 0. The van der Waals surface area contributed by atoms with Crippen molar-refractivity contribution in [3.05, 3.63) is 57.4 Å². The Morgan fingerprint density at radius 1 is 1.35 bits per heavy atom. The minimum Gasteiger partial charge on any atom is -0.489 e. The van der Waals surface area contributed by atoms with Crippen molar-refractivity contribution in [2.24, 2.45) is 0 Å². The summed E-state index contributed by atoms with van der Waals surface area (Å²) >= 11 is 9.52. The predicted octanol–water partition coefficient (Wildman–Crippen LogP) is 4.03. The van der Waals surface area contributed by atoms with Gasteiger partial charge in [0.15, 0.2) is 5.65 Å². The molecule has 0 amide bonds. The number of aromatic nitrogens is 3. The second-order valence-corrected chi connectivity index (χ2v) is 5.70. The molecular formula is C14H11BrClN3O. The van der Waals surface area contributed by atoms with Crippen LogP contribution >= 0.6 is 27.5 Å². The van der Waals surface area contributed by atoms with Crippen molar-refractivity contribution in [3.63, 3.8) is 0 Å². The Labute approximate surface area is 129 Å². The molecule has 1 aromatic carbocycles. The third-order valence-corrected chi connectivity index (χ3v) is 4.13. The Morgan fingerprint density at radius 2 is 2.20 bits per heavy atom. The molecule has 3 rings (SSSR count). The first-order chi connectivity index (χ1) is 9.63. The SMILES string of the molecule is Cc1cc(OCc2cc3nncn3cc2Br)ccc1Cl. The molecule has 0 radical (unpaired) electrons. The number of nitrogens with zero attached hydrogens (tertiary/aromatic N) is 3. The number of halogens is 2. The second kappa shape index (κ2) is 5.42. The number of hydrogen-bond acceptors (Lipinski definition) is 3. The Morgan fingerprint density at radius 3 is 3.00 bits per heavy atom. The van der Waals surface area contributed by atoms with E-state index in [4.69, 9.17) is 16.3 Å². The van der Waals surface area contributed by atoms with Gasteiger partial charge in [-0.1, -0.05) is 11.6 Å². The lowest BCUT2D eigenvalue weighted by Crippen LogP contribution is -1.98. The fraction of sp³-hybridized carbons (Fsp3) is 0.143. The van der Waals surface area contributed by atoms with E-state index in [1.807, 2.05) is 41.8 Å². The normalized spacial score (nSPS) is 10.9. The van der Waals surface area contributed by atoms with Crippen molar-refractivity contribution in [3.8, 4) is 5.75 Å². The molecule has 3 aromatic rings.